The number of aromatic nitrogens is 1. The van der Waals surface area contributed by atoms with Gasteiger partial charge in [-0.1, -0.05) is 23.2 Å². The summed E-state index contributed by atoms with van der Waals surface area (Å²) in [6.07, 6.45) is 1.84. The number of carboxylic acid groups (broad SMARTS) is 1. The molecule has 1 fully saturated rings. The first-order chi connectivity index (χ1) is 7.92. The Labute approximate surface area is 108 Å². The summed E-state index contributed by atoms with van der Waals surface area (Å²) in [6.45, 7) is 0.702. The van der Waals surface area contributed by atoms with E-state index < -0.39 is 11.5 Å². The fourth-order valence-corrected chi connectivity index (χ4v) is 2.33. The van der Waals surface area contributed by atoms with Crippen LogP contribution < -0.4 is 10.6 Å². The van der Waals surface area contributed by atoms with Crippen LogP contribution in [0.3, 0.4) is 0 Å². The molecule has 1 atom stereocenters. The maximum atomic E-state index is 11.0. The summed E-state index contributed by atoms with van der Waals surface area (Å²) in [5, 5.41) is 9.86. The van der Waals surface area contributed by atoms with E-state index in [9.17, 15) is 4.79 Å². The third kappa shape index (κ3) is 2.31. The molecule has 0 aliphatic carbocycles. The van der Waals surface area contributed by atoms with E-state index in [2.05, 4.69) is 4.98 Å². The van der Waals surface area contributed by atoms with Crippen molar-refractivity contribution >= 4 is 35.0 Å². The van der Waals surface area contributed by atoms with Gasteiger partial charge in [0.1, 0.15) is 11.4 Å². The second kappa shape index (κ2) is 4.33. The molecular formula is C10H11Cl2N3O2. The van der Waals surface area contributed by atoms with Crippen molar-refractivity contribution in [3.63, 3.8) is 0 Å². The van der Waals surface area contributed by atoms with Crippen LogP contribution in [0.25, 0.3) is 0 Å². The number of carboxylic acids is 1. The van der Waals surface area contributed by atoms with Crippen LogP contribution in [0.5, 0.6) is 0 Å². The Morgan fingerprint density at radius 3 is 2.82 bits per heavy atom. The Bertz CT molecular complexity index is 469. The predicted octanol–water partition coefficient (Wildman–Crippen LogP) is 1.38. The fraction of sp³-hybridized carbons (Fsp3) is 0.400. The number of rotatable bonds is 2. The molecule has 1 aliphatic rings. The van der Waals surface area contributed by atoms with E-state index in [4.69, 9.17) is 34.0 Å². The summed E-state index contributed by atoms with van der Waals surface area (Å²) in [6, 6.07) is 1.57. The number of hydrogen-bond donors (Lipinski definition) is 2. The molecule has 17 heavy (non-hydrogen) atoms. The topological polar surface area (TPSA) is 79.5 Å². The molecule has 92 valence electrons. The minimum absolute atomic E-state index is 0.191. The lowest BCUT2D eigenvalue weighted by Gasteiger charge is -2.21. The van der Waals surface area contributed by atoms with Crippen LogP contribution in [0.1, 0.15) is 6.42 Å². The van der Waals surface area contributed by atoms with Crippen LogP contribution in [0.4, 0.5) is 5.82 Å². The van der Waals surface area contributed by atoms with Crippen LogP contribution in [0.2, 0.25) is 10.0 Å². The van der Waals surface area contributed by atoms with Crippen molar-refractivity contribution in [3.8, 4) is 0 Å². The first kappa shape index (κ1) is 12.4. The molecule has 0 bridgehead atoms. The number of carbonyl (C=O) groups is 1. The molecule has 2 rings (SSSR count). The average Bonchev–Trinajstić information content (AvgIpc) is 2.62. The van der Waals surface area contributed by atoms with Crippen molar-refractivity contribution < 1.29 is 9.90 Å². The summed E-state index contributed by atoms with van der Waals surface area (Å²) in [5.74, 6) is -0.491. The van der Waals surface area contributed by atoms with Crippen LogP contribution >= 0.6 is 23.2 Å². The van der Waals surface area contributed by atoms with Gasteiger partial charge in [-0.2, -0.15) is 0 Å². The van der Waals surface area contributed by atoms with Gasteiger partial charge in [-0.15, -0.1) is 0 Å². The largest absolute Gasteiger partial charge is 0.480 e. The normalized spacial score (nSPS) is 24.1. The fourth-order valence-electron chi connectivity index (χ4n) is 1.83. The van der Waals surface area contributed by atoms with Gasteiger partial charge in [0.05, 0.1) is 10.0 Å². The SMILES string of the molecule is NC1(C(=O)O)CCN(c2ncc(Cl)cc2Cl)C1. The van der Waals surface area contributed by atoms with E-state index in [-0.39, 0.29) is 6.54 Å². The smallest absolute Gasteiger partial charge is 0.325 e. The molecule has 0 spiro atoms. The molecule has 3 N–H and O–H groups in total. The Hall–Kier alpha value is -1.04. The number of aliphatic carboxylic acids is 1. The standard InChI is InChI=1S/C10H11Cl2N3O2/c11-6-3-7(12)8(14-4-6)15-2-1-10(13,5-15)9(16)17/h3-4H,1-2,5,13H2,(H,16,17). The molecule has 1 aromatic rings. The summed E-state index contributed by atoms with van der Waals surface area (Å²) >= 11 is 11.8. The Balaban J connectivity index is 2.24. The summed E-state index contributed by atoms with van der Waals surface area (Å²) in [5.41, 5.74) is 4.54. The van der Waals surface area contributed by atoms with Crippen LogP contribution in [-0.2, 0) is 4.79 Å². The van der Waals surface area contributed by atoms with E-state index in [0.717, 1.165) is 0 Å². The van der Waals surface area contributed by atoms with Crippen molar-refractivity contribution in [2.24, 2.45) is 5.73 Å². The molecule has 0 amide bonds. The molecular weight excluding hydrogens is 265 g/mol. The van der Waals surface area contributed by atoms with Gasteiger partial charge >= 0.3 is 5.97 Å². The van der Waals surface area contributed by atoms with Crippen LogP contribution in [0.15, 0.2) is 12.3 Å². The second-order valence-electron chi connectivity index (χ2n) is 4.09. The van der Waals surface area contributed by atoms with Gasteiger partial charge < -0.3 is 15.7 Å². The predicted molar refractivity (Wildman–Crippen MR) is 65.6 cm³/mol. The lowest BCUT2D eigenvalue weighted by molar-refractivity contribution is -0.142. The zero-order valence-electron chi connectivity index (χ0n) is 8.86. The van der Waals surface area contributed by atoms with Gasteiger partial charge in [-0.3, -0.25) is 4.79 Å². The molecule has 1 unspecified atom stereocenters. The van der Waals surface area contributed by atoms with Gasteiger partial charge in [0.25, 0.3) is 0 Å². The number of anilines is 1. The van der Waals surface area contributed by atoms with Crippen molar-refractivity contribution in [2.45, 2.75) is 12.0 Å². The molecule has 0 saturated carbocycles. The zero-order chi connectivity index (χ0) is 12.6. The molecule has 1 aromatic heterocycles. The zero-order valence-corrected chi connectivity index (χ0v) is 10.4. The number of nitrogens with two attached hydrogens (primary N) is 1. The number of hydrogen-bond acceptors (Lipinski definition) is 4. The van der Waals surface area contributed by atoms with E-state index in [0.29, 0.717) is 28.8 Å². The molecule has 1 saturated heterocycles. The van der Waals surface area contributed by atoms with Gasteiger partial charge in [0.2, 0.25) is 0 Å². The maximum absolute atomic E-state index is 11.0. The highest BCUT2D eigenvalue weighted by Crippen LogP contribution is 2.30. The van der Waals surface area contributed by atoms with Gasteiger partial charge in [-0.05, 0) is 12.5 Å². The Morgan fingerprint density at radius 1 is 1.59 bits per heavy atom. The van der Waals surface area contributed by atoms with E-state index in [1.807, 2.05) is 0 Å². The highest BCUT2D eigenvalue weighted by molar-refractivity contribution is 6.36. The van der Waals surface area contributed by atoms with E-state index in [1.165, 1.54) is 6.20 Å². The lowest BCUT2D eigenvalue weighted by atomic mass is 10.0. The number of nitrogens with zero attached hydrogens (tertiary/aromatic N) is 2. The van der Waals surface area contributed by atoms with Gasteiger partial charge in [0.15, 0.2) is 0 Å². The van der Waals surface area contributed by atoms with Crippen molar-refractivity contribution in [1.82, 2.24) is 4.98 Å². The quantitative estimate of drug-likeness (QED) is 0.853. The van der Waals surface area contributed by atoms with Crippen molar-refractivity contribution in [1.29, 1.82) is 0 Å². The number of pyridine rings is 1. The van der Waals surface area contributed by atoms with E-state index in [1.54, 1.807) is 11.0 Å². The first-order valence-electron chi connectivity index (χ1n) is 5.01. The summed E-state index contributed by atoms with van der Waals surface area (Å²) in [4.78, 5) is 16.9. The maximum Gasteiger partial charge on any atom is 0.325 e. The third-order valence-corrected chi connectivity index (χ3v) is 3.30. The molecule has 1 aliphatic heterocycles. The molecule has 2 heterocycles. The van der Waals surface area contributed by atoms with Crippen LogP contribution in [0, 0.1) is 0 Å². The molecule has 0 radical (unpaired) electrons. The van der Waals surface area contributed by atoms with Gasteiger partial charge in [0, 0.05) is 19.3 Å². The monoisotopic (exact) mass is 275 g/mol. The average molecular weight is 276 g/mol. The van der Waals surface area contributed by atoms with Gasteiger partial charge in [-0.25, -0.2) is 4.98 Å². The summed E-state index contributed by atoms with van der Waals surface area (Å²) in [7, 11) is 0. The lowest BCUT2D eigenvalue weighted by Crippen LogP contribution is -2.50. The minimum atomic E-state index is -1.23. The Morgan fingerprint density at radius 2 is 2.29 bits per heavy atom. The van der Waals surface area contributed by atoms with Crippen LogP contribution in [-0.4, -0.2) is 34.7 Å². The molecule has 5 nitrogen and oxygen atoms in total. The van der Waals surface area contributed by atoms with E-state index >= 15 is 0 Å². The minimum Gasteiger partial charge on any atom is -0.480 e. The molecule has 7 heteroatoms. The molecule has 0 aromatic carbocycles. The number of halogens is 2. The second-order valence-corrected chi connectivity index (χ2v) is 4.94. The van der Waals surface area contributed by atoms with Crippen molar-refractivity contribution in [2.75, 3.05) is 18.0 Å². The first-order valence-corrected chi connectivity index (χ1v) is 5.76. The highest BCUT2D eigenvalue weighted by atomic mass is 35.5. The highest BCUT2D eigenvalue weighted by Gasteiger charge is 2.42. The van der Waals surface area contributed by atoms with Crippen molar-refractivity contribution in [3.05, 3.63) is 22.3 Å². The Kier molecular flexibility index (Phi) is 3.16. The summed E-state index contributed by atoms with van der Waals surface area (Å²) < 4.78 is 0. The third-order valence-electron chi connectivity index (χ3n) is 2.81.